The van der Waals surface area contributed by atoms with Crippen LogP contribution in [0.4, 0.5) is 10.5 Å². The molecule has 4 nitrogen and oxygen atoms in total. The fourth-order valence-corrected chi connectivity index (χ4v) is 2.32. The molecule has 0 saturated heterocycles. The second-order valence-electron chi connectivity index (χ2n) is 4.47. The normalized spacial score (nSPS) is 10.5. The first kappa shape index (κ1) is 14.6. The topological polar surface area (TPSA) is 51.2 Å². The van der Waals surface area contributed by atoms with E-state index >= 15 is 0 Å². The van der Waals surface area contributed by atoms with Crippen molar-refractivity contribution in [3.8, 4) is 5.75 Å². The standard InChI is InChI=1S/C16H10Cl2N2O2/c17-11-6-7-12(18)13(9-11)20-16(21)22-14-5-1-3-10-4-2-8-19-15(10)14/h1-9H,(H,20,21). The van der Waals surface area contributed by atoms with Crippen molar-refractivity contribution in [2.45, 2.75) is 0 Å². The van der Waals surface area contributed by atoms with Crippen LogP contribution in [0.2, 0.25) is 10.0 Å². The van der Waals surface area contributed by atoms with Crippen LogP contribution in [-0.2, 0) is 0 Å². The van der Waals surface area contributed by atoms with E-state index in [1.165, 1.54) is 0 Å². The third-order valence-corrected chi connectivity index (χ3v) is 3.53. The SMILES string of the molecule is O=C(Nc1cc(Cl)ccc1Cl)Oc1cccc2cccnc12. The van der Waals surface area contributed by atoms with Crippen LogP contribution in [0.1, 0.15) is 0 Å². The number of fused-ring (bicyclic) bond motifs is 1. The first-order valence-electron chi connectivity index (χ1n) is 6.41. The fourth-order valence-electron chi connectivity index (χ4n) is 1.99. The Bertz CT molecular complexity index is 847. The van der Waals surface area contributed by atoms with Crippen LogP contribution in [0.3, 0.4) is 0 Å². The summed E-state index contributed by atoms with van der Waals surface area (Å²) in [4.78, 5) is 16.2. The molecule has 3 aromatic rings. The molecule has 0 saturated carbocycles. The number of amides is 1. The molecule has 3 rings (SSSR count). The molecule has 0 bridgehead atoms. The number of nitrogens with zero attached hydrogens (tertiary/aromatic N) is 1. The molecule has 0 radical (unpaired) electrons. The van der Waals surface area contributed by atoms with Gasteiger partial charge in [-0.2, -0.15) is 0 Å². The first-order valence-corrected chi connectivity index (χ1v) is 7.17. The Morgan fingerprint density at radius 2 is 1.91 bits per heavy atom. The molecule has 0 aliphatic carbocycles. The van der Waals surface area contributed by atoms with Gasteiger partial charge >= 0.3 is 6.09 Å². The predicted molar refractivity (Wildman–Crippen MR) is 87.9 cm³/mol. The molecule has 0 aliphatic rings. The van der Waals surface area contributed by atoms with Crippen LogP contribution < -0.4 is 10.1 Å². The van der Waals surface area contributed by atoms with Crippen molar-refractivity contribution in [1.82, 2.24) is 4.98 Å². The molecule has 2 aromatic carbocycles. The Morgan fingerprint density at radius 1 is 1.09 bits per heavy atom. The third kappa shape index (κ3) is 3.13. The molecule has 6 heteroatoms. The summed E-state index contributed by atoms with van der Waals surface area (Å²) in [6.07, 6.45) is 0.975. The van der Waals surface area contributed by atoms with E-state index in [0.29, 0.717) is 27.0 Å². The summed E-state index contributed by atoms with van der Waals surface area (Å²) in [5.41, 5.74) is 0.990. The highest BCUT2D eigenvalue weighted by Gasteiger charge is 2.11. The molecule has 0 atom stereocenters. The number of hydrogen-bond donors (Lipinski definition) is 1. The highest BCUT2D eigenvalue weighted by atomic mass is 35.5. The molecular formula is C16H10Cl2N2O2. The molecule has 0 fully saturated rings. The van der Waals surface area contributed by atoms with E-state index in [0.717, 1.165) is 5.39 Å². The summed E-state index contributed by atoms with van der Waals surface area (Å²) in [7, 11) is 0. The van der Waals surface area contributed by atoms with Gasteiger partial charge in [-0.1, -0.05) is 41.4 Å². The molecule has 22 heavy (non-hydrogen) atoms. The van der Waals surface area contributed by atoms with E-state index < -0.39 is 6.09 Å². The minimum atomic E-state index is -0.665. The molecule has 0 spiro atoms. The van der Waals surface area contributed by atoms with Crippen molar-refractivity contribution in [3.05, 3.63) is 64.8 Å². The average Bonchev–Trinajstić information content (AvgIpc) is 2.51. The van der Waals surface area contributed by atoms with Crippen LogP contribution in [0.5, 0.6) is 5.75 Å². The largest absolute Gasteiger partial charge is 0.417 e. The number of aromatic nitrogens is 1. The molecule has 1 N–H and O–H groups in total. The maximum atomic E-state index is 12.0. The number of para-hydroxylation sites is 1. The zero-order valence-electron chi connectivity index (χ0n) is 11.2. The third-order valence-electron chi connectivity index (χ3n) is 2.96. The summed E-state index contributed by atoms with van der Waals surface area (Å²) in [6, 6.07) is 13.8. The van der Waals surface area contributed by atoms with Gasteiger partial charge < -0.3 is 4.74 Å². The van der Waals surface area contributed by atoms with E-state index in [4.69, 9.17) is 27.9 Å². The summed E-state index contributed by atoms with van der Waals surface area (Å²) in [5, 5.41) is 4.28. The number of nitrogens with one attached hydrogen (secondary N) is 1. The van der Waals surface area contributed by atoms with Crippen LogP contribution in [-0.4, -0.2) is 11.1 Å². The maximum absolute atomic E-state index is 12.0. The van der Waals surface area contributed by atoms with E-state index in [9.17, 15) is 4.79 Å². The first-order chi connectivity index (χ1) is 10.6. The van der Waals surface area contributed by atoms with E-state index in [1.54, 1.807) is 36.5 Å². The smallest absolute Gasteiger partial charge is 0.408 e. The quantitative estimate of drug-likeness (QED) is 0.705. The van der Waals surface area contributed by atoms with Gasteiger partial charge in [-0.25, -0.2) is 4.79 Å². The summed E-state index contributed by atoms with van der Waals surface area (Å²) < 4.78 is 5.31. The lowest BCUT2D eigenvalue weighted by Gasteiger charge is -2.09. The summed E-state index contributed by atoms with van der Waals surface area (Å²) in [5.74, 6) is 0.369. The number of hydrogen-bond acceptors (Lipinski definition) is 3. The summed E-state index contributed by atoms with van der Waals surface area (Å²) in [6.45, 7) is 0. The van der Waals surface area contributed by atoms with Crippen LogP contribution in [0.15, 0.2) is 54.7 Å². The van der Waals surface area contributed by atoms with Crippen molar-refractivity contribution in [2.24, 2.45) is 0 Å². The van der Waals surface area contributed by atoms with Crippen LogP contribution in [0, 0.1) is 0 Å². The van der Waals surface area contributed by atoms with Gasteiger partial charge in [0.15, 0.2) is 5.75 Å². The minimum Gasteiger partial charge on any atom is -0.408 e. The van der Waals surface area contributed by atoms with Crippen LogP contribution >= 0.6 is 23.2 Å². The average molecular weight is 333 g/mol. The molecule has 0 aliphatic heterocycles. The Balaban J connectivity index is 1.83. The monoisotopic (exact) mass is 332 g/mol. The Morgan fingerprint density at radius 3 is 2.77 bits per heavy atom. The number of anilines is 1. The molecule has 1 amide bonds. The van der Waals surface area contributed by atoms with Crippen molar-refractivity contribution in [3.63, 3.8) is 0 Å². The zero-order chi connectivity index (χ0) is 15.5. The van der Waals surface area contributed by atoms with Crippen molar-refractivity contribution in [1.29, 1.82) is 0 Å². The second kappa shape index (κ2) is 6.22. The second-order valence-corrected chi connectivity index (χ2v) is 5.31. The lowest BCUT2D eigenvalue weighted by molar-refractivity contribution is 0.215. The predicted octanol–water partition coefficient (Wildman–Crippen LogP) is 5.15. The highest BCUT2D eigenvalue weighted by molar-refractivity contribution is 6.35. The van der Waals surface area contributed by atoms with Crippen molar-refractivity contribution < 1.29 is 9.53 Å². The summed E-state index contributed by atoms with van der Waals surface area (Å²) >= 11 is 11.9. The Hall–Kier alpha value is -2.30. The van der Waals surface area contributed by atoms with Gasteiger partial charge in [0.05, 0.1) is 10.7 Å². The van der Waals surface area contributed by atoms with E-state index in [-0.39, 0.29) is 0 Å². The molecule has 0 unspecified atom stereocenters. The number of rotatable bonds is 2. The Kier molecular flexibility index (Phi) is 4.13. The van der Waals surface area contributed by atoms with Crippen molar-refractivity contribution >= 4 is 45.9 Å². The number of carbonyl (C=O) groups is 1. The zero-order valence-corrected chi connectivity index (χ0v) is 12.7. The molecular weight excluding hydrogens is 323 g/mol. The van der Waals surface area contributed by atoms with Gasteiger partial charge in [-0.15, -0.1) is 0 Å². The molecule has 1 aromatic heterocycles. The minimum absolute atomic E-state index is 0.369. The number of halogens is 2. The fraction of sp³-hybridized carbons (Fsp3) is 0. The number of ether oxygens (including phenoxy) is 1. The van der Waals surface area contributed by atoms with Crippen molar-refractivity contribution in [2.75, 3.05) is 5.32 Å². The lowest BCUT2D eigenvalue weighted by atomic mass is 10.2. The van der Waals surface area contributed by atoms with E-state index in [2.05, 4.69) is 10.3 Å². The molecule has 110 valence electrons. The maximum Gasteiger partial charge on any atom is 0.417 e. The van der Waals surface area contributed by atoms with Gasteiger partial charge in [0.1, 0.15) is 5.52 Å². The van der Waals surface area contributed by atoms with Gasteiger partial charge in [0, 0.05) is 16.6 Å². The van der Waals surface area contributed by atoms with Gasteiger partial charge in [0.25, 0.3) is 0 Å². The van der Waals surface area contributed by atoms with Crippen LogP contribution in [0.25, 0.3) is 10.9 Å². The van der Waals surface area contributed by atoms with Gasteiger partial charge in [0.2, 0.25) is 0 Å². The number of pyridine rings is 1. The number of benzene rings is 2. The van der Waals surface area contributed by atoms with Gasteiger partial charge in [-0.3, -0.25) is 10.3 Å². The number of carbonyl (C=O) groups excluding carboxylic acids is 1. The van der Waals surface area contributed by atoms with E-state index in [1.807, 2.05) is 18.2 Å². The highest BCUT2D eigenvalue weighted by Crippen LogP contribution is 2.27. The lowest BCUT2D eigenvalue weighted by Crippen LogP contribution is -2.17. The Labute approximate surface area is 136 Å². The van der Waals surface area contributed by atoms with Gasteiger partial charge in [-0.05, 0) is 30.3 Å². The molecule has 1 heterocycles.